The molecule has 0 fully saturated rings. The van der Waals surface area contributed by atoms with Gasteiger partial charge in [-0.2, -0.15) is 0 Å². The van der Waals surface area contributed by atoms with E-state index in [1.165, 1.54) is 16.9 Å². The predicted octanol–water partition coefficient (Wildman–Crippen LogP) is 7.57. The van der Waals surface area contributed by atoms with E-state index in [9.17, 15) is 4.79 Å². The molecule has 0 radical (unpaired) electrons. The smallest absolute Gasteiger partial charge is 0.272 e. The molecule has 0 saturated heterocycles. The summed E-state index contributed by atoms with van der Waals surface area (Å²) in [5.74, 6) is -0.118. The average molecular weight is 463 g/mol. The van der Waals surface area contributed by atoms with Gasteiger partial charge in [0.15, 0.2) is 5.13 Å². The molecule has 2 heterocycles. The number of para-hydroxylation sites is 1. The molecule has 5 aromatic rings. The highest BCUT2D eigenvalue weighted by Gasteiger charge is 2.26. The Hall–Kier alpha value is -2.73. The quantitative estimate of drug-likeness (QED) is 0.270. The first-order valence-corrected chi connectivity index (χ1v) is 12.1. The molecule has 0 saturated carbocycles. The van der Waals surface area contributed by atoms with Gasteiger partial charge >= 0.3 is 0 Å². The van der Waals surface area contributed by atoms with Crippen LogP contribution in [0.5, 0.6) is 0 Å². The summed E-state index contributed by atoms with van der Waals surface area (Å²) in [5, 5.41) is 2.12. The van der Waals surface area contributed by atoms with Gasteiger partial charge in [-0.25, -0.2) is 4.98 Å². The number of rotatable bonds is 5. The fourth-order valence-corrected chi connectivity index (χ4v) is 6.13. The van der Waals surface area contributed by atoms with Crippen LogP contribution in [0.15, 0.2) is 72.8 Å². The minimum Gasteiger partial charge on any atom is -0.279 e. The number of aryl methyl sites for hydroxylation is 1. The molecular formula is C25H19ClN2OS2. The first-order valence-electron chi connectivity index (χ1n) is 10.1. The number of fused-ring (bicyclic) bond motifs is 2. The van der Waals surface area contributed by atoms with Crippen LogP contribution < -0.4 is 4.90 Å². The number of anilines is 1. The van der Waals surface area contributed by atoms with Gasteiger partial charge in [-0.05, 0) is 29.7 Å². The first-order chi connectivity index (χ1) is 15.2. The molecule has 6 heteroatoms. The highest BCUT2D eigenvalue weighted by Crippen LogP contribution is 2.38. The Bertz CT molecular complexity index is 1390. The molecule has 0 spiro atoms. The van der Waals surface area contributed by atoms with E-state index in [4.69, 9.17) is 16.6 Å². The molecule has 3 aromatic carbocycles. The largest absolute Gasteiger partial charge is 0.279 e. The van der Waals surface area contributed by atoms with Crippen LogP contribution in [-0.2, 0) is 13.0 Å². The second-order valence-corrected chi connectivity index (χ2v) is 9.67. The third-order valence-corrected chi connectivity index (χ3v) is 7.97. The van der Waals surface area contributed by atoms with Crippen LogP contribution >= 0.6 is 34.3 Å². The number of thiazole rings is 1. The molecule has 0 bridgehead atoms. The molecule has 0 aliphatic rings. The number of halogens is 1. The minimum atomic E-state index is -0.118. The molecule has 1 amide bonds. The van der Waals surface area contributed by atoms with Crippen LogP contribution in [0.2, 0.25) is 5.02 Å². The van der Waals surface area contributed by atoms with Gasteiger partial charge in [-0.3, -0.25) is 9.69 Å². The molecule has 0 N–H and O–H groups in total. The van der Waals surface area contributed by atoms with Crippen molar-refractivity contribution in [3.8, 4) is 0 Å². The second kappa shape index (κ2) is 8.42. The summed E-state index contributed by atoms with van der Waals surface area (Å²) in [6.07, 6.45) is 0.898. The lowest BCUT2D eigenvalue weighted by atomic mass is 10.1. The van der Waals surface area contributed by atoms with Crippen molar-refractivity contribution in [2.45, 2.75) is 19.9 Å². The van der Waals surface area contributed by atoms with E-state index in [1.807, 2.05) is 54.6 Å². The van der Waals surface area contributed by atoms with Crippen LogP contribution in [0.4, 0.5) is 5.13 Å². The van der Waals surface area contributed by atoms with Crippen LogP contribution in [0.25, 0.3) is 20.3 Å². The lowest BCUT2D eigenvalue weighted by Gasteiger charge is -2.19. The number of aromatic nitrogens is 1. The summed E-state index contributed by atoms with van der Waals surface area (Å²) in [6.45, 7) is 2.56. The van der Waals surface area contributed by atoms with Crippen molar-refractivity contribution in [3.63, 3.8) is 0 Å². The summed E-state index contributed by atoms with van der Waals surface area (Å²) in [4.78, 5) is 21.0. The predicted molar refractivity (Wildman–Crippen MR) is 133 cm³/mol. The molecule has 3 nitrogen and oxygen atoms in total. The Kier molecular flexibility index (Phi) is 5.48. The van der Waals surface area contributed by atoms with Gasteiger partial charge in [0.25, 0.3) is 5.91 Å². The number of benzene rings is 3. The SMILES string of the molecule is CCc1cccc2sc(N(Cc3ccccc3)C(=O)c3sc4ccccc4c3Cl)nc12. The van der Waals surface area contributed by atoms with E-state index < -0.39 is 0 Å². The lowest BCUT2D eigenvalue weighted by Crippen LogP contribution is -2.29. The van der Waals surface area contributed by atoms with E-state index in [-0.39, 0.29) is 5.91 Å². The highest BCUT2D eigenvalue weighted by atomic mass is 35.5. The van der Waals surface area contributed by atoms with Crippen molar-refractivity contribution in [3.05, 3.63) is 93.8 Å². The fraction of sp³-hybridized carbons (Fsp3) is 0.120. The van der Waals surface area contributed by atoms with E-state index in [2.05, 4.69) is 25.1 Å². The van der Waals surface area contributed by atoms with Gasteiger partial charge in [0, 0.05) is 10.1 Å². The Labute approximate surface area is 193 Å². The van der Waals surface area contributed by atoms with Crippen LogP contribution in [0, 0.1) is 0 Å². The molecule has 5 rings (SSSR count). The van der Waals surface area contributed by atoms with Gasteiger partial charge < -0.3 is 0 Å². The van der Waals surface area contributed by atoms with Crippen molar-refractivity contribution in [1.82, 2.24) is 4.98 Å². The summed E-state index contributed by atoms with van der Waals surface area (Å²) in [7, 11) is 0. The Morgan fingerprint density at radius 1 is 0.935 bits per heavy atom. The zero-order valence-corrected chi connectivity index (χ0v) is 19.2. The first kappa shape index (κ1) is 20.2. The zero-order valence-electron chi connectivity index (χ0n) is 16.8. The van der Waals surface area contributed by atoms with Crippen molar-refractivity contribution >= 4 is 65.6 Å². The van der Waals surface area contributed by atoms with Crippen LogP contribution in [0.1, 0.15) is 27.7 Å². The normalized spacial score (nSPS) is 11.3. The number of hydrogen-bond donors (Lipinski definition) is 0. The maximum Gasteiger partial charge on any atom is 0.272 e. The van der Waals surface area contributed by atoms with E-state index in [1.54, 1.807) is 16.2 Å². The highest BCUT2D eigenvalue weighted by molar-refractivity contribution is 7.23. The summed E-state index contributed by atoms with van der Waals surface area (Å²) in [5.41, 5.74) is 3.20. The molecule has 0 unspecified atom stereocenters. The lowest BCUT2D eigenvalue weighted by molar-refractivity contribution is 0.0989. The number of thiophene rings is 1. The molecular weight excluding hydrogens is 444 g/mol. The Morgan fingerprint density at radius 3 is 2.45 bits per heavy atom. The molecule has 0 aliphatic heterocycles. The summed E-state index contributed by atoms with van der Waals surface area (Å²) < 4.78 is 2.09. The van der Waals surface area contributed by atoms with Gasteiger partial charge in [-0.1, -0.05) is 90.5 Å². The van der Waals surface area contributed by atoms with Crippen molar-refractivity contribution in [2.24, 2.45) is 0 Å². The van der Waals surface area contributed by atoms with E-state index in [0.717, 1.165) is 32.3 Å². The minimum absolute atomic E-state index is 0.118. The third-order valence-electron chi connectivity index (χ3n) is 5.26. The topological polar surface area (TPSA) is 33.2 Å². The van der Waals surface area contributed by atoms with Gasteiger partial charge in [0.05, 0.1) is 21.8 Å². The van der Waals surface area contributed by atoms with Gasteiger partial charge in [0.2, 0.25) is 0 Å². The second-order valence-electron chi connectivity index (χ2n) is 7.23. The molecule has 2 aromatic heterocycles. The molecule has 0 atom stereocenters. The monoisotopic (exact) mass is 462 g/mol. The van der Waals surface area contributed by atoms with E-state index in [0.29, 0.717) is 21.6 Å². The maximum atomic E-state index is 13.8. The number of carbonyl (C=O) groups excluding carboxylic acids is 1. The standard InChI is InChI=1S/C25H19ClN2OS2/c1-2-17-11-8-14-20-22(17)27-25(31-20)28(15-16-9-4-3-5-10-16)24(29)23-21(26)18-12-6-7-13-19(18)30-23/h3-14H,2,15H2,1H3. The third kappa shape index (κ3) is 3.74. The van der Waals surface area contributed by atoms with Crippen LogP contribution in [-0.4, -0.2) is 10.9 Å². The van der Waals surface area contributed by atoms with Gasteiger partial charge in [-0.15, -0.1) is 11.3 Å². The molecule has 0 aliphatic carbocycles. The Balaban J connectivity index is 1.63. The van der Waals surface area contributed by atoms with Gasteiger partial charge in [0.1, 0.15) is 4.88 Å². The Morgan fingerprint density at radius 2 is 1.68 bits per heavy atom. The number of nitrogens with zero attached hydrogens (tertiary/aromatic N) is 2. The summed E-state index contributed by atoms with van der Waals surface area (Å²) >= 11 is 9.64. The van der Waals surface area contributed by atoms with Crippen molar-refractivity contribution in [1.29, 1.82) is 0 Å². The van der Waals surface area contributed by atoms with E-state index >= 15 is 0 Å². The molecule has 154 valence electrons. The average Bonchev–Trinajstić information content (AvgIpc) is 3.39. The van der Waals surface area contributed by atoms with Crippen LogP contribution in [0.3, 0.4) is 0 Å². The van der Waals surface area contributed by atoms with Crippen molar-refractivity contribution in [2.75, 3.05) is 4.90 Å². The fourth-order valence-electron chi connectivity index (χ4n) is 3.66. The maximum absolute atomic E-state index is 13.8. The number of amides is 1. The zero-order chi connectivity index (χ0) is 21.4. The number of hydrogen-bond acceptors (Lipinski definition) is 4. The summed E-state index contributed by atoms with van der Waals surface area (Å²) in [6, 6.07) is 24.1. The van der Waals surface area contributed by atoms with Crippen molar-refractivity contribution < 1.29 is 4.79 Å². The number of carbonyl (C=O) groups is 1. The molecule has 31 heavy (non-hydrogen) atoms.